The van der Waals surface area contributed by atoms with Crippen molar-refractivity contribution in [2.75, 3.05) is 13.7 Å². The van der Waals surface area contributed by atoms with Gasteiger partial charge in [-0.2, -0.15) is 4.80 Å². The van der Waals surface area contributed by atoms with Gasteiger partial charge in [0.25, 0.3) is 0 Å². The zero-order valence-corrected chi connectivity index (χ0v) is 16.4. The fourth-order valence-corrected chi connectivity index (χ4v) is 3.40. The fourth-order valence-electron chi connectivity index (χ4n) is 3.40. The number of aromatic nitrogens is 5. The van der Waals surface area contributed by atoms with Crippen LogP contribution in [0.25, 0.3) is 11.4 Å². The van der Waals surface area contributed by atoms with E-state index in [-0.39, 0.29) is 18.4 Å². The van der Waals surface area contributed by atoms with E-state index in [1.54, 1.807) is 7.11 Å². The van der Waals surface area contributed by atoms with Crippen LogP contribution in [0.1, 0.15) is 40.3 Å². The van der Waals surface area contributed by atoms with E-state index in [1.165, 1.54) is 10.4 Å². The van der Waals surface area contributed by atoms with Crippen LogP contribution in [0.3, 0.4) is 0 Å². The zero-order chi connectivity index (χ0) is 19.6. The Hall–Kier alpha value is -2.80. The standard InChI is InChI=1S/C20H25N5O2/c1-13-6-8-17(9-7-13)20-21-23-24(22-20)11-19(26)18-10-14(2)25(16(18)4)15(3)12-27-5/h6-10,15H,11-12H2,1-5H3. The molecule has 142 valence electrons. The summed E-state index contributed by atoms with van der Waals surface area (Å²) in [7, 11) is 1.68. The summed E-state index contributed by atoms with van der Waals surface area (Å²) in [6.45, 7) is 8.70. The molecule has 1 aromatic carbocycles. The molecule has 0 fully saturated rings. The van der Waals surface area contributed by atoms with Crippen LogP contribution < -0.4 is 0 Å². The number of benzene rings is 1. The van der Waals surface area contributed by atoms with Gasteiger partial charge in [-0.1, -0.05) is 29.8 Å². The number of methoxy groups -OCH3 is 1. The maximum Gasteiger partial charge on any atom is 0.204 e. The Morgan fingerprint density at radius 2 is 1.89 bits per heavy atom. The molecule has 0 aliphatic heterocycles. The van der Waals surface area contributed by atoms with Crippen molar-refractivity contribution in [1.82, 2.24) is 24.8 Å². The monoisotopic (exact) mass is 367 g/mol. The molecule has 1 unspecified atom stereocenters. The molecular weight excluding hydrogens is 342 g/mol. The number of Topliss-reactive ketones (excluding diaryl/α,β-unsaturated/α-hetero) is 1. The molecule has 1 atom stereocenters. The van der Waals surface area contributed by atoms with Crippen molar-refractivity contribution in [3.05, 3.63) is 52.8 Å². The molecular formula is C20H25N5O2. The number of nitrogens with zero attached hydrogens (tertiary/aromatic N) is 5. The number of ketones is 1. The Balaban J connectivity index is 1.78. The molecule has 7 nitrogen and oxygen atoms in total. The minimum absolute atomic E-state index is 0.0353. The van der Waals surface area contributed by atoms with Crippen molar-refractivity contribution in [3.8, 4) is 11.4 Å². The first kappa shape index (κ1) is 19.0. The number of carbonyl (C=O) groups excluding carboxylic acids is 1. The summed E-state index contributed by atoms with van der Waals surface area (Å²) in [5, 5.41) is 12.4. The molecule has 7 heteroatoms. The second-order valence-corrected chi connectivity index (χ2v) is 6.89. The summed E-state index contributed by atoms with van der Waals surface area (Å²) < 4.78 is 7.38. The lowest BCUT2D eigenvalue weighted by molar-refractivity contribution is 0.0960. The molecule has 2 aromatic heterocycles. The van der Waals surface area contributed by atoms with E-state index < -0.39 is 0 Å². The Morgan fingerprint density at radius 1 is 1.19 bits per heavy atom. The van der Waals surface area contributed by atoms with E-state index in [2.05, 4.69) is 26.9 Å². The Bertz CT molecular complexity index is 940. The third-order valence-corrected chi connectivity index (χ3v) is 4.68. The van der Waals surface area contributed by atoms with Crippen LogP contribution >= 0.6 is 0 Å². The summed E-state index contributed by atoms with van der Waals surface area (Å²) >= 11 is 0. The van der Waals surface area contributed by atoms with Crippen molar-refractivity contribution in [2.45, 2.75) is 40.3 Å². The van der Waals surface area contributed by atoms with Crippen molar-refractivity contribution < 1.29 is 9.53 Å². The minimum atomic E-state index is -0.0353. The SMILES string of the molecule is COCC(C)n1c(C)cc(C(=O)Cn2nnc(-c3ccc(C)cc3)n2)c1C. The summed E-state index contributed by atoms with van der Waals surface area (Å²) in [5.41, 5.74) is 4.70. The molecule has 0 saturated carbocycles. The lowest BCUT2D eigenvalue weighted by atomic mass is 10.1. The fraction of sp³-hybridized carbons (Fsp3) is 0.400. The summed E-state index contributed by atoms with van der Waals surface area (Å²) in [5.74, 6) is 0.480. The van der Waals surface area contributed by atoms with Gasteiger partial charge in [-0.25, -0.2) is 0 Å². The number of aryl methyl sites for hydroxylation is 2. The third kappa shape index (κ3) is 3.98. The number of hydrogen-bond acceptors (Lipinski definition) is 5. The quantitative estimate of drug-likeness (QED) is 0.600. The van der Waals surface area contributed by atoms with Gasteiger partial charge in [0.1, 0.15) is 6.54 Å². The highest BCUT2D eigenvalue weighted by Crippen LogP contribution is 2.21. The van der Waals surface area contributed by atoms with Crippen LogP contribution in [0.15, 0.2) is 30.3 Å². The highest BCUT2D eigenvalue weighted by Gasteiger charge is 2.20. The molecule has 0 bridgehead atoms. The van der Waals surface area contributed by atoms with Crippen LogP contribution in [0.2, 0.25) is 0 Å². The van der Waals surface area contributed by atoms with Gasteiger partial charge in [-0.15, -0.1) is 10.2 Å². The second kappa shape index (κ2) is 7.84. The first-order valence-electron chi connectivity index (χ1n) is 8.96. The Morgan fingerprint density at radius 3 is 2.56 bits per heavy atom. The highest BCUT2D eigenvalue weighted by atomic mass is 16.5. The van der Waals surface area contributed by atoms with E-state index in [4.69, 9.17) is 4.74 Å². The third-order valence-electron chi connectivity index (χ3n) is 4.68. The maximum atomic E-state index is 12.8. The van der Waals surface area contributed by atoms with Gasteiger partial charge in [-0.05, 0) is 39.0 Å². The lowest BCUT2D eigenvalue weighted by Crippen LogP contribution is -2.16. The van der Waals surface area contributed by atoms with E-state index in [1.807, 2.05) is 51.1 Å². The van der Waals surface area contributed by atoms with Crippen LogP contribution in [0.4, 0.5) is 0 Å². The molecule has 0 N–H and O–H groups in total. The summed E-state index contributed by atoms with van der Waals surface area (Å²) in [4.78, 5) is 14.1. The molecule has 0 amide bonds. The molecule has 0 saturated heterocycles. The van der Waals surface area contributed by atoms with E-state index in [9.17, 15) is 4.79 Å². The smallest absolute Gasteiger partial charge is 0.204 e. The Labute approximate surface area is 159 Å². The van der Waals surface area contributed by atoms with Gasteiger partial charge >= 0.3 is 0 Å². The lowest BCUT2D eigenvalue weighted by Gasteiger charge is -2.17. The highest BCUT2D eigenvalue weighted by molar-refractivity contribution is 5.97. The number of carbonyl (C=O) groups is 1. The molecule has 0 radical (unpaired) electrons. The van der Waals surface area contributed by atoms with Gasteiger partial charge in [0.05, 0.1) is 12.6 Å². The molecule has 2 heterocycles. The van der Waals surface area contributed by atoms with Crippen molar-refractivity contribution in [1.29, 1.82) is 0 Å². The van der Waals surface area contributed by atoms with Gasteiger partial charge in [-0.3, -0.25) is 4.79 Å². The first-order valence-corrected chi connectivity index (χ1v) is 8.96. The number of hydrogen-bond donors (Lipinski definition) is 0. The normalized spacial score (nSPS) is 12.3. The number of ether oxygens (including phenoxy) is 1. The molecule has 0 aliphatic rings. The molecule has 27 heavy (non-hydrogen) atoms. The zero-order valence-electron chi connectivity index (χ0n) is 16.4. The average Bonchev–Trinajstić information content (AvgIpc) is 3.20. The van der Waals surface area contributed by atoms with E-state index >= 15 is 0 Å². The molecule has 0 spiro atoms. The van der Waals surface area contributed by atoms with Gasteiger partial charge < -0.3 is 9.30 Å². The predicted molar refractivity (Wildman–Crippen MR) is 103 cm³/mol. The second-order valence-electron chi connectivity index (χ2n) is 6.89. The van der Waals surface area contributed by atoms with E-state index in [0.717, 1.165) is 17.0 Å². The molecule has 3 aromatic rings. The number of tetrazole rings is 1. The van der Waals surface area contributed by atoms with Gasteiger partial charge in [0, 0.05) is 29.6 Å². The van der Waals surface area contributed by atoms with Crippen molar-refractivity contribution in [3.63, 3.8) is 0 Å². The van der Waals surface area contributed by atoms with Crippen molar-refractivity contribution >= 4 is 5.78 Å². The van der Waals surface area contributed by atoms with Crippen LogP contribution in [-0.4, -0.2) is 44.3 Å². The minimum Gasteiger partial charge on any atom is -0.383 e. The summed E-state index contributed by atoms with van der Waals surface area (Å²) in [6, 6.07) is 9.97. The predicted octanol–water partition coefficient (Wildman–Crippen LogP) is 3.16. The largest absolute Gasteiger partial charge is 0.383 e. The first-order chi connectivity index (χ1) is 12.9. The number of rotatable bonds is 7. The van der Waals surface area contributed by atoms with Crippen LogP contribution in [0, 0.1) is 20.8 Å². The maximum absolute atomic E-state index is 12.8. The van der Waals surface area contributed by atoms with Crippen LogP contribution in [-0.2, 0) is 11.3 Å². The van der Waals surface area contributed by atoms with Crippen LogP contribution in [0.5, 0.6) is 0 Å². The summed E-state index contributed by atoms with van der Waals surface area (Å²) in [6.07, 6.45) is 0. The van der Waals surface area contributed by atoms with Gasteiger partial charge in [0.15, 0.2) is 5.78 Å². The molecule has 3 rings (SSSR count). The van der Waals surface area contributed by atoms with Gasteiger partial charge in [0.2, 0.25) is 5.82 Å². The van der Waals surface area contributed by atoms with Crippen molar-refractivity contribution in [2.24, 2.45) is 0 Å². The average molecular weight is 367 g/mol. The Kier molecular flexibility index (Phi) is 5.51. The molecule has 0 aliphatic carbocycles. The topological polar surface area (TPSA) is 74.8 Å². The van der Waals surface area contributed by atoms with E-state index in [0.29, 0.717) is 18.0 Å².